The van der Waals surface area contributed by atoms with Crippen molar-refractivity contribution in [3.05, 3.63) is 63.1 Å². The van der Waals surface area contributed by atoms with Gasteiger partial charge in [0.25, 0.3) is 0 Å². The molecule has 0 aliphatic heterocycles. The Labute approximate surface area is 136 Å². The molecular weight excluding hydrogens is 378 g/mol. The summed E-state index contributed by atoms with van der Waals surface area (Å²) in [6, 6.07) is 11.6. The molecule has 2 aromatic carbocycles. The van der Waals surface area contributed by atoms with E-state index in [1.54, 1.807) is 36.4 Å². The molecule has 0 radical (unpaired) electrons. The highest BCUT2D eigenvalue weighted by Crippen LogP contribution is 2.23. The third kappa shape index (κ3) is 4.28. The maximum absolute atomic E-state index is 12.3. The first-order valence-corrected chi connectivity index (χ1v) is 8.71. The molecule has 0 heterocycles. The Balaban J connectivity index is 2.20. The van der Waals surface area contributed by atoms with Gasteiger partial charge in [-0.25, -0.2) is 13.1 Å². The summed E-state index contributed by atoms with van der Waals surface area (Å²) < 4.78 is 27.6. The summed E-state index contributed by atoms with van der Waals surface area (Å²) in [5, 5.41) is 9.71. The lowest BCUT2D eigenvalue weighted by molar-refractivity contribution is 0.281. The minimum Gasteiger partial charge on any atom is -0.392 e. The van der Waals surface area contributed by atoms with Gasteiger partial charge in [-0.05, 0) is 51.3 Å². The molecule has 0 aliphatic carbocycles. The molecule has 0 saturated carbocycles. The van der Waals surface area contributed by atoms with E-state index in [2.05, 4.69) is 20.7 Å². The van der Waals surface area contributed by atoms with Crippen molar-refractivity contribution in [1.82, 2.24) is 4.72 Å². The van der Waals surface area contributed by atoms with Crippen molar-refractivity contribution in [3.8, 4) is 0 Å². The van der Waals surface area contributed by atoms with Crippen LogP contribution in [-0.2, 0) is 23.2 Å². The summed E-state index contributed by atoms with van der Waals surface area (Å²) in [5.74, 6) is 0. The van der Waals surface area contributed by atoms with Crippen LogP contribution in [0.1, 0.15) is 11.1 Å². The molecule has 0 bridgehead atoms. The normalized spacial score (nSPS) is 11.6. The topological polar surface area (TPSA) is 66.4 Å². The van der Waals surface area contributed by atoms with Crippen LogP contribution in [0.25, 0.3) is 0 Å². The minimum absolute atomic E-state index is 0.100. The van der Waals surface area contributed by atoms with Crippen LogP contribution in [0.3, 0.4) is 0 Å². The Hall–Kier alpha value is -0.920. The summed E-state index contributed by atoms with van der Waals surface area (Å²) in [6.45, 7) is -0.0533. The number of hydrogen-bond acceptors (Lipinski definition) is 3. The van der Waals surface area contributed by atoms with Crippen LogP contribution in [0.5, 0.6) is 0 Å². The van der Waals surface area contributed by atoms with E-state index in [0.717, 1.165) is 5.56 Å². The van der Waals surface area contributed by atoms with Gasteiger partial charge in [-0.2, -0.15) is 0 Å². The smallest absolute Gasteiger partial charge is 0.242 e. The average molecular weight is 391 g/mol. The minimum atomic E-state index is -3.67. The second-order valence-electron chi connectivity index (χ2n) is 4.37. The number of sulfonamides is 1. The van der Waals surface area contributed by atoms with E-state index in [-0.39, 0.29) is 18.0 Å². The SMILES string of the molecule is O=S(=O)(NCc1ccc(Cl)cc1)c1cc(CO)ccc1Br. The molecule has 0 unspecified atom stereocenters. The van der Waals surface area contributed by atoms with Crippen molar-refractivity contribution in [2.75, 3.05) is 0 Å². The van der Waals surface area contributed by atoms with Crippen molar-refractivity contribution in [3.63, 3.8) is 0 Å². The predicted octanol–water partition coefficient (Wildman–Crippen LogP) is 3.07. The number of halogens is 2. The summed E-state index contributed by atoms with van der Waals surface area (Å²) in [5.41, 5.74) is 1.34. The molecule has 0 fully saturated rings. The molecule has 2 rings (SSSR count). The van der Waals surface area contributed by atoms with Gasteiger partial charge in [0.05, 0.1) is 11.5 Å². The van der Waals surface area contributed by atoms with Crippen LogP contribution in [0.15, 0.2) is 51.8 Å². The second kappa shape index (κ2) is 6.89. The number of rotatable bonds is 5. The summed E-state index contributed by atoms with van der Waals surface area (Å²) >= 11 is 9.00. The first kappa shape index (κ1) is 16.5. The zero-order chi connectivity index (χ0) is 15.5. The Morgan fingerprint density at radius 2 is 1.71 bits per heavy atom. The highest BCUT2D eigenvalue weighted by molar-refractivity contribution is 9.10. The van der Waals surface area contributed by atoms with Crippen molar-refractivity contribution in [1.29, 1.82) is 0 Å². The molecule has 2 aromatic rings. The lowest BCUT2D eigenvalue weighted by Gasteiger charge is -2.10. The first-order valence-electron chi connectivity index (χ1n) is 6.06. The van der Waals surface area contributed by atoms with Gasteiger partial charge in [0.15, 0.2) is 0 Å². The fourth-order valence-electron chi connectivity index (χ4n) is 1.71. The van der Waals surface area contributed by atoms with E-state index in [1.165, 1.54) is 6.07 Å². The quantitative estimate of drug-likeness (QED) is 0.824. The van der Waals surface area contributed by atoms with Gasteiger partial charge >= 0.3 is 0 Å². The van der Waals surface area contributed by atoms with Crippen LogP contribution >= 0.6 is 27.5 Å². The molecular formula is C14H13BrClNO3S. The number of nitrogens with one attached hydrogen (secondary N) is 1. The average Bonchev–Trinajstić information content (AvgIpc) is 2.47. The van der Waals surface area contributed by atoms with Crippen LogP contribution in [0, 0.1) is 0 Å². The van der Waals surface area contributed by atoms with Gasteiger partial charge < -0.3 is 5.11 Å². The van der Waals surface area contributed by atoms with Gasteiger partial charge in [-0.15, -0.1) is 0 Å². The first-order chi connectivity index (χ1) is 9.92. The summed E-state index contributed by atoms with van der Waals surface area (Å²) in [4.78, 5) is 0.100. The fourth-order valence-corrected chi connectivity index (χ4v) is 3.87. The summed E-state index contributed by atoms with van der Waals surface area (Å²) in [7, 11) is -3.67. The predicted molar refractivity (Wildman–Crippen MR) is 85.5 cm³/mol. The maximum atomic E-state index is 12.3. The monoisotopic (exact) mass is 389 g/mol. The Morgan fingerprint density at radius 1 is 1.10 bits per heavy atom. The molecule has 0 aromatic heterocycles. The van der Waals surface area contributed by atoms with Crippen LogP contribution < -0.4 is 4.72 Å². The zero-order valence-electron chi connectivity index (χ0n) is 10.9. The zero-order valence-corrected chi connectivity index (χ0v) is 14.0. The number of benzene rings is 2. The van der Waals surface area contributed by atoms with Crippen molar-refractivity contribution in [2.45, 2.75) is 18.0 Å². The largest absolute Gasteiger partial charge is 0.392 e. The van der Waals surface area contributed by atoms with E-state index in [4.69, 9.17) is 16.7 Å². The Kier molecular flexibility index (Phi) is 5.40. The number of aliphatic hydroxyl groups is 1. The highest BCUT2D eigenvalue weighted by atomic mass is 79.9. The van der Waals surface area contributed by atoms with Gasteiger partial charge in [-0.3, -0.25) is 0 Å². The van der Waals surface area contributed by atoms with E-state index in [1.807, 2.05) is 0 Å². The van der Waals surface area contributed by atoms with Gasteiger partial charge in [0.2, 0.25) is 10.0 Å². The van der Waals surface area contributed by atoms with E-state index < -0.39 is 10.0 Å². The third-order valence-corrected chi connectivity index (χ3v) is 5.49. The Morgan fingerprint density at radius 3 is 2.33 bits per heavy atom. The molecule has 0 atom stereocenters. The molecule has 0 aliphatic rings. The molecule has 0 amide bonds. The van der Waals surface area contributed by atoms with E-state index in [0.29, 0.717) is 15.1 Å². The van der Waals surface area contributed by atoms with E-state index >= 15 is 0 Å². The fraction of sp³-hybridized carbons (Fsp3) is 0.143. The molecule has 21 heavy (non-hydrogen) atoms. The molecule has 112 valence electrons. The standard InChI is InChI=1S/C14H13BrClNO3S/c15-13-6-3-11(9-18)7-14(13)21(19,20)17-8-10-1-4-12(16)5-2-10/h1-7,17-18H,8-9H2. The Bertz CT molecular complexity index is 732. The molecule has 0 spiro atoms. The molecule has 7 heteroatoms. The second-order valence-corrected chi connectivity index (χ2v) is 7.40. The van der Waals surface area contributed by atoms with Crippen molar-refractivity contribution >= 4 is 37.6 Å². The van der Waals surface area contributed by atoms with Crippen LogP contribution in [0.4, 0.5) is 0 Å². The van der Waals surface area contributed by atoms with Gasteiger partial charge in [0.1, 0.15) is 0 Å². The molecule has 4 nitrogen and oxygen atoms in total. The third-order valence-electron chi connectivity index (χ3n) is 2.85. The lowest BCUT2D eigenvalue weighted by atomic mass is 10.2. The number of hydrogen-bond donors (Lipinski definition) is 2. The van der Waals surface area contributed by atoms with Gasteiger partial charge in [0, 0.05) is 16.0 Å². The van der Waals surface area contributed by atoms with Crippen LogP contribution in [0.2, 0.25) is 5.02 Å². The van der Waals surface area contributed by atoms with Gasteiger partial charge in [-0.1, -0.05) is 29.8 Å². The summed E-state index contributed by atoms with van der Waals surface area (Å²) in [6.07, 6.45) is 0. The lowest BCUT2D eigenvalue weighted by Crippen LogP contribution is -2.23. The molecule has 2 N–H and O–H groups in total. The van der Waals surface area contributed by atoms with Crippen molar-refractivity contribution in [2.24, 2.45) is 0 Å². The van der Waals surface area contributed by atoms with E-state index in [9.17, 15) is 8.42 Å². The number of aliphatic hydroxyl groups excluding tert-OH is 1. The molecule has 0 saturated heterocycles. The highest BCUT2D eigenvalue weighted by Gasteiger charge is 2.17. The maximum Gasteiger partial charge on any atom is 0.242 e. The van der Waals surface area contributed by atoms with Crippen molar-refractivity contribution < 1.29 is 13.5 Å². The van der Waals surface area contributed by atoms with Crippen LogP contribution in [-0.4, -0.2) is 13.5 Å².